The molecule has 8 rings (SSSR count). The van der Waals surface area contributed by atoms with E-state index >= 15 is 0 Å². The van der Waals surface area contributed by atoms with Crippen LogP contribution in [0.3, 0.4) is 0 Å². The molecule has 214 valence electrons. The third-order valence-corrected chi connectivity index (χ3v) is 9.10. The number of aromatic nitrogens is 2. The van der Waals surface area contributed by atoms with Crippen molar-refractivity contribution in [2.45, 2.75) is 19.3 Å². The van der Waals surface area contributed by atoms with Gasteiger partial charge in [0, 0.05) is 22.1 Å². The molecule has 1 aliphatic rings. The smallest absolute Gasteiger partial charge is 0.160 e. The first-order chi connectivity index (χ1) is 22.0. The minimum Gasteiger partial charge on any atom is -0.228 e. The lowest BCUT2D eigenvalue weighted by Crippen LogP contribution is -2.14. The standard InChI is InChI=1S/C43H32N2/c1-43(2)38-22-10-9-21-36(38)37-27-34(23-24-39(37)43)32-18-11-17-31(25-32)33-19-12-20-35(26-33)42-44-40(29-13-5-3-6-14-29)28-41(45-42)30-15-7-4-8-16-30/h3-28H,1-2H3. The fraction of sp³-hybridized carbons (Fsp3) is 0.0698. The maximum atomic E-state index is 5.05. The zero-order valence-electron chi connectivity index (χ0n) is 25.4. The van der Waals surface area contributed by atoms with Crippen LogP contribution >= 0.6 is 0 Å². The van der Waals surface area contributed by atoms with Gasteiger partial charge in [0.1, 0.15) is 0 Å². The van der Waals surface area contributed by atoms with Crippen LogP contribution in [0.15, 0.2) is 158 Å². The van der Waals surface area contributed by atoms with Crippen LogP contribution in [-0.2, 0) is 5.41 Å². The largest absolute Gasteiger partial charge is 0.228 e. The van der Waals surface area contributed by atoms with E-state index in [2.05, 4.69) is 135 Å². The Hall–Kier alpha value is -5.60. The van der Waals surface area contributed by atoms with E-state index in [0.29, 0.717) is 5.82 Å². The van der Waals surface area contributed by atoms with E-state index in [1.165, 1.54) is 33.4 Å². The van der Waals surface area contributed by atoms with E-state index in [0.717, 1.165) is 39.2 Å². The fourth-order valence-corrected chi connectivity index (χ4v) is 6.71. The monoisotopic (exact) mass is 576 g/mol. The Bertz CT molecular complexity index is 2120. The van der Waals surface area contributed by atoms with E-state index in [1.807, 2.05) is 36.4 Å². The van der Waals surface area contributed by atoms with Crippen LogP contribution in [0.4, 0.5) is 0 Å². The number of hydrogen-bond donors (Lipinski definition) is 0. The summed E-state index contributed by atoms with van der Waals surface area (Å²) in [6, 6.07) is 55.9. The molecule has 0 bridgehead atoms. The molecule has 0 fully saturated rings. The second-order valence-corrected chi connectivity index (χ2v) is 12.3. The van der Waals surface area contributed by atoms with Crippen molar-refractivity contribution in [1.29, 1.82) is 0 Å². The Morgan fingerprint density at radius 2 is 0.822 bits per heavy atom. The normalized spacial score (nSPS) is 12.8. The first kappa shape index (κ1) is 27.0. The Kier molecular flexibility index (Phi) is 6.50. The molecule has 1 aromatic heterocycles. The molecular weight excluding hydrogens is 544 g/mol. The van der Waals surface area contributed by atoms with Crippen LogP contribution in [0.5, 0.6) is 0 Å². The number of hydrogen-bond acceptors (Lipinski definition) is 2. The fourth-order valence-electron chi connectivity index (χ4n) is 6.71. The highest BCUT2D eigenvalue weighted by molar-refractivity contribution is 5.85. The number of nitrogens with zero attached hydrogens (tertiary/aromatic N) is 2. The summed E-state index contributed by atoms with van der Waals surface area (Å²) >= 11 is 0. The lowest BCUT2D eigenvalue weighted by atomic mass is 9.82. The second kappa shape index (κ2) is 10.8. The van der Waals surface area contributed by atoms with Gasteiger partial charge >= 0.3 is 0 Å². The molecule has 1 heterocycles. The molecule has 0 unspecified atom stereocenters. The highest BCUT2D eigenvalue weighted by Crippen LogP contribution is 2.49. The van der Waals surface area contributed by atoms with Crippen molar-refractivity contribution in [3.8, 4) is 67.3 Å². The van der Waals surface area contributed by atoms with Gasteiger partial charge in [-0.15, -0.1) is 0 Å². The quantitative estimate of drug-likeness (QED) is 0.204. The number of benzene rings is 6. The zero-order chi connectivity index (χ0) is 30.4. The van der Waals surface area contributed by atoms with Crippen molar-refractivity contribution < 1.29 is 0 Å². The van der Waals surface area contributed by atoms with Gasteiger partial charge in [-0.3, -0.25) is 0 Å². The van der Waals surface area contributed by atoms with Gasteiger partial charge in [0.25, 0.3) is 0 Å². The molecule has 0 saturated carbocycles. The molecule has 7 aromatic rings. The van der Waals surface area contributed by atoms with E-state index in [1.54, 1.807) is 0 Å². The summed E-state index contributed by atoms with van der Waals surface area (Å²) in [5.74, 6) is 0.716. The maximum absolute atomic E-state index is 5.05. The Balaban J connectivity index is 1.19. The molecule has 0 atom stereocenters. The minimum atomic E-state index is 0.00695. The zero-order valence-corrected chi connectivity index (χ0v) is 25.4. The molecule has 1 aliphatic carbocycles. The molecule has 45 heavy (non-hydrogen) atoms. The Morgan fingerprint density at radius 1 is 0.356 bits per heavy atom. The van der Waals surface area contributed by atoms with Crippen molar-refractivity contribution in [3.05, 3.63) is 169 Å². The Morgan fingerprint density at radius 3 is 1.44 bits per heavy atom. The SMILES string of the molecule is CC1(C)c2ccccc2-c2cc(-c3cccc(-c4cccc(-c5nc(-c6ccccc6)cc(-c6ccccc6)n5)c4)c3)ccc21. The first-order valence-electron chi connectivity index (χ1n) is 15.5. The van der Waals surface area contributed by atoms with Gasteiger partial charge in [-0.25, -0.2) is 9.97 Å². The highest BCUT2D eigenvalue weighted by Gasteiger charge is 2.35. The molecule has 0 aliphatic heterocycles. The Labute approximate surface area is 264 Å². The summed E-state index contributed by atoms with van der Waals surface area (Å²) in [6.07, 6.45) is 0. The van der Waals surface area contributed by atoms with Gasteiger partial charge in [-0.2, -0.15) is 0 Å². The van der Waals surface area contributed by atoms with Crippen molar-refractivity contribution in [1.82, 2.24) is 9.97 Å². The van der Waals surface area contributed by atoms with Gasteiger partial charge < -0.3 is 0 Å². The molecule has 0 amide bonds. The van der Waals surface area contributed by atoms with Crippen LogP contribution in [0, 0.1) is 0 Å². The topological polar surface area (TPSA) is 25.8 Å². The molecule has 0 radical (unpaired) electrons. The molecule has 0 spiro atoms. The minimum absolute atomic E-state index is 0.00695. The molecule has 6 aromatic carbocycles. The van der Waals surface area contributed by atoms with Gasteiger partial charge in [-0.05, 0) is 68.8 Å². The third-order valence-electron chi connectivity index (χ3n) is 9.10. The summed E-state index contributed by atoms with van der Waals surface area (Å²) in [4.78, 5) is 10.1. The predicted molar refractivity (Wildman–Crippen MR) is 187 cm³/mol. The molecule has 0 N–H and O–H groups in total. The predicted octanol–water partition coefficient (Wildman–Crippen LogP) is 11.1. The average molecular weight is 577 g/mol. The average Bonchev–Trinajstić information content (AvgIpc) is 3.34. The van der Waals surface area contributed by atoms with Crippen molar-refractivity contribution in [3.63, 3.8) is 0 Å². The van der Waals surface area contributed by atoms with Gasteiger partial charge in [0.15, 0.2) is 5.82 Å². The summed E-state index contributed by atoms with van der Waals surface area (Å²) in [6.45, 7) is 4.65. The van der Waals surface area contributed by atoms with Crippen molar-refractivity contribution in [2.24, 2.45) is 0 Å². The highest BCUT2D eigenvalue weighted by atomic mass is 14.9. The second-order valence-electron chi connectivity index (χ2n) is 12.3. The number of fused-ring (bicyclic) bond motifs is 3. The summed E-state index contributed by atoms with van der Waals surface area (Å²) in [7, 11) is 0. The van der Waals surface area contributed by atoms with E-state index < -0.39 is 0 Å². The molecular formula is C43H32N2. The number of rotatable bonds is 5. The van der Waals surface area contributed by atoms with E-state index in [4.69, 9.17) is 9.97 Å². The van der Waals surface area contributed by atoms with E-state index in [-0.39, 0.29) is 5.41 Å². The lowest BCUT2D eigenvalue weighted by Gasteiger charge is -2.21. The van der Waals surface area contributed by atoms with Crippen LogP contribution in [0.2, 0.25) is 0 Å². The van der Waals surface area contributed by atoms with Crippen LogP contribution in [0.1, 0.15) is 25.0 Å². The van der Waals surface area contributed by atoms with Gasteiger partial charge in [-0.1, -0.05) is 147 Å². The lowest BCUT2D eigenvalue weighted by molar-refractivity contribution is 0.660. The summed E-state index contributed by atoms with van der Waals surface area (Å²) in [5, 5.41) is 0. The molecule has 2 nitrogen and oxygen atoms in total. The molecule has 0 saturated heterocycles. The first-order valence-corrected chi connectivity index (χ1v) is 15.5. The van der Waals surface area contributed by atoms with Gasteiger partial charge in [0.05, 0.1) is 11.4 Å². The third kappa shape index (κ3) is 4.85. The van der Waals surface area contributed by atoms with E-state index in [9.17, 15) is 0 Å². The van der Waals surface area contributed by atoms with Crippen LogP contribution in [0.25, 0.3) is 67.3 Å². The van der Waals surface area contributed by atoms with Crippen molar-refractivity contribution >= 4 is 0 Å². The summed E-state index contributed by atoms with van der Waals surface area (Å²) in [5.41, 5.74) is 15.2. The van der Waals surface area contributed by atoms with Gasteiger partial charge in [0.2, 0.25) is 0 Å². The van der Waals surface area contributed by atoms with Crippen LogP contribution in [-0.4, -0.2) is 9.97 Å². The maximum Gasteiger partial charge on any atom is 0.160 e. The van der Waals surface area contributed by atoms with Crippen LogP contribution < -0.4 is 0 Å². The summed E-state index contributed by atoms with van der Waals surface area (Å²) < 4.78 is 0. The van der Waals surface area contributed by atoms with Crippen molar-refractivity contribution in [2.75, 3.05) is 0 Å². The molecule has 2 heteroatoms.